The van der Waals surface area contributed by atoms with Gasteiger partial charge in [-0.3, -0.25) is 9.59 Å². The van der Waals surface area contributed by atoms with Crippen LogP contribution < -0.4 is 16.4 Å². The zero-order chi connectivity index (χ0) is 26.9. The molecule has 2 atom stereocenters. The van der Waals surface area contributed by atoms with Gasteiger partial charge in [0, 0.05) is 31.3 Å². The monoisotopic (exact) mass is 531 g/mol. The second kappa shape index (κ2) is 25.8. The predicted octanol–water partition coefficient (Wildman–Crippen LogP) is 3.70. The number of thiol groups is 1. The maximum atomic E-state index is 12.5. The molecule has 0 fully saturated rings. The average Bonchev–Trinajstić information content (AvgIpc) is 2.86. The lowest BCUT2D eigenvalue weighted by molar-refractivity contribution is -0.148. The highest BCUT2D eigenvalue weighted by Gasteiger charge is 2.20. The third kappa shape index (κ3) is 24.2. The number of carbonyl (C=O) groups excluding carboxylic acids is 2. The quantitative estimate of drug-likeness (QED) is 0.155. The van der Waals surface area contributed by atoms with Crippen LogP contribution in [0.15, 0.2) is 30.3 Å². The van der Waals surface area contributed by atoms with Crippen LogP contribution >= 0.6 is 24.4 Å². The number of nitrogens with one attached hydrogen (secondary N) is 2. The molecule has 0 aliphatic heterocycles. The molecule has 0 saturated heterocycles. The number of nitrogens with two attached hydrogens (primary N) is 1. The fraction of sp³-hybridized carbons (Fsp3) is 0.692. The molecule has 204 valence electrons. The SMILES string of the molecule is CC(C)OC(=O)CNC(=O)C(Cc1ccccc1)OCCNCC(N)CS.CCCC.CCSC. The minimum Gasteiger partial charge on any atom is -0.462 e. The van der Waals surface area contributed by atoms with Gasteiger partial charge in [0.15, 0.2) is 0 Å². The van der Waals surface area contributed by atoms with Crippen LogP contribution in [0.5, 0.6) is 0 Å². The van der Waals surface area contributed by atoms with Crippen LogP contribution in [-0.4, -0.2) is 74.1 Å². The Bertz CT molecular complexity index is 614. The van der Waals surface area contributed by atoms with Crippen molar-refractivity contribution in [2.24, 2.45) is 5.73 Å². The van der Waals surface area contributed by atoms with Gasteiger partial charge in [-0.15, -0.1) is 0 Å². The summed E-state index contributed by atoms with van der Waals surface area (Å²) in [4.78, 5) is 24.1. The minimum atomic E-state index is -0.695. The topological polar surface area (TPSA) is 103 Å². The predicted molar refractivity (Wildman–Crippen MR) is 153 cm³/mol. The van der Waals surface area contributed by atoms with Gasteiger partial charge < -0.3 is 25.8 Å². The number of benzene rings is 1. The van der Waals surface area contributed by atoms with E-state index in [1.807, 2.05) is 42.1 Å². The molecule has 1 aromatic rings. The molecule has 35 heavy (non-hydrogen) atoms. The number of carbonyl (C=O) groups is 2. The van der Waals surface area contributed by atoms with Crippen molar-refractivity contribution in [1.29, 1.82) is 0 Å². The van der Waals surface area contributed by atoms with Crippen molar-refractivity contribution < 1.29 is 19.1 Å². The van der Waals surface area contributed by atoms with Crippen LogP contribution in [0.25, 0.3) is 0 Å². The van der Waals surface area contributed by atoms with E-state index in [9.17, 15) is 9.59 Å². The highest BCUT2D eigenvalue weighted by Crippen LogP contribution is 2.06. The number of ether oxygens (including phenoxy) is 2. The van der Waals surface area contributed by atoms with E-state index in [4.69, 9.17) is 15.2 Å². The van der Waals surface area contributed by atoms with Crippen molar-refractivity contribution in [1.82, 2.24) is 10.6 Å². The van der Waals surface area contributed by atoms with E-state index in [0.717, 1.165) is 5.56 Å². The van der Waals surface area contributed by atoms with Crippen molar-refractivity contribution >= 4 is 36.3 Å². The molecule has 0 radical (unpaired) electrons. The molecular weight excluding hydrogens is 482 g/mol. The van der Waals surface area contributed by atoms with Crippen LogP contribution in [0.4, 0.5) is 0 Å². The van der Waals surface area contributed by atoms with Crippen LogP contribution in [0.3, 0.4) is 0 Å². The molecule has 0 aliphatic rings. The summed E-state index contributed by atoms with van der Waals surface area (Å²) in [5.74, 6) is 1.02. The third-order valence-corrected chi connectivity index (χ3v) is 5.40. The molecule has 0 aliphatic carbocycles. The first kappa shape index (κ1) is 35.9. The van der Waals surface area contributed by atoms with Crippen LogP contribution in [0.2, 0.25) is 0 Å². The fourth-order valence-corrected chi connectivity index (χ4v) is 2.39. The highest BCUT2D eigenvalue weighted by atomic mass is 32.2. The van der Waals surface area contributed by atoms with E-state index in [1.165, 1.54) is 18.6 Å². The average molecular weight is 532 g/mol. The summed E-state index contributed by atoms with van der Waals surface area (Å²) in [5.41, 5.74) is 6.76. The van der Waals surface area contributed by atoms with Gasteiger partial charge in [0.1, 0.15) is 12.6 Å². The number of esters is 1. The number of rotatable bonds is 15. The summed E-state index contributed by atoms with van der Waals surface area (Å²) < 4.78 is 10.8. The van der Waals surface area contributed by atoms with Crippen LogP contribution in [-0.2, 0) is 25.5 Å². The van der Waals surface area contributed by atoms with Crippen molar-refractivity contribution in [3.05, 3.63) is 35.9 Å². The molecule has 0 aromatic heterocycles. The standard InChI is InChI=1S/C19H31N3O4S.C4H10.C3H8S/c1-14(2)26-18(23)12-22-19(24)17(10-15-6-4-3-5-7-15)25-9-8-21-11-16(20)13-27;2*1-3-4-2/h3-7,14,16-17,21,27H,8-13,20H2,1-2H3,(H,22,24);3-4H2,1-2H3;3H2,1-2H3. The van der Waals surface area contributed by atoms with E-state index in [1.54, 1.807) is 13.8 Å². The van der Waals surface area contributed by atoms with Gasteiger partial charge in [-0.2, -0.15) is 24.4 Å². The van der Waals surface area contributed by atoms with E-state index in [2.05, 4.69) is 50.3 Å². The van der Waals surface area contributed by atoms with E-state index in [-0.39, 0.29) is 24.6 Å². The molecule has 7 nitrogen and oxygen atoms in total. The zero-order valence-electron chi connectivity index (χ0n) is 22.5. The van der Waals surface area contributed by atoms with Gasteiger partial charge in [0.25, 0.3) is 0 Å². The van der Waals surface area contributed by atoms with E-state index >= 15 is 0 Å². The molecule has 2 unspecified atom stereocenters. The lowest BCUT2D eigenvalue weighted by Crippen LogP contribution is -2.42. The summed E-state index contributed by atoms with van der Waals surface area (Å²) >= 11 is 5.99. The summed E-state index contributed by atoms with van der Waals surface area (Å²) in [6.45, 7) is 11.4. The Balaban J connectivity index is 0. The summed E-state index contributed by atoms with van der Waals surface area (Å²) in [5, 5.41) is 5.75. The molecule has 9 heteroatoms. The van der Waals surface area contributed by atoms with Gasteiger partial charge in [-0.25, -0.2) is 0 Å². The Morgan fingerprint density at radius 1 is 1.11 bits per heavy atom. The molecule has 0 saturated carbocycles. The van der Waals surface area contributed by atoms with Gasteiger partial charge in [0.05, 0.1) is 12.7 Å². The smallest absolute Gasteiger partial charge is 0.325 e. The largest absolute Gasteiger partial charge is 0.462 e. The molecular formula is C26H49N3O4S2. The summed E-state index contributed by atoms with van der Waals surface area (Å²) in [6.07, 6.45) is 4.24. The number of unbranched alkanes of at least 4 members (excludes halogenated alkanes) is 1. The van der Waals surface area contributed by atoms with E-state index < -0.39 is 12.1 Å². The lowest BCUT2D eigenvalue weighted by Gasteiger charge is -2.18. The van der Waals surface area contributed by atoms with Gasteiger partial charge in [0.2, 0.25) is 5.91 Å². The Morgan fingerprint density at radius 3 is 2.20 bits per heavy atom. The first-order valence-electron chi connectivity index (χ1n) is 12.4. The number of amides is 1. The van der Waals surface area contributed by atoms with Gasteiger partial charge in [-0.05, 0) is 31.4 Å². The molecule has 1 amide bonds. The van der Waals surface area contributed by atoms with Crippen molar-refractivity contribution in [3.63, 3.8) is 0 Å². The normalized spacial score (nSPS) is 11.9. The molecule has 0 heterocycles. The number of hydrogen-bond donors (Lipinski definition) is 4. The van der Waals surface area contributed by atoms with Crippen LogP contribution in [0.1, 0.15) is 53.0 Å². The molecule has 0 spiro atoms. The number of thioether (sulfide) groups is 1. The molecule has 4 N–H and O–H groups in total. The van der Waals surface area contributed by atoms with E-state index in [0.29, 0.717) is 31.9 Å². The van der Waals surface area contributed by atoms with Crippen molar-refractivity contribution in [3.8, 4) is 0 Å². The van der Waals surface area contributed by atoms with Crippen molar-refractivity contribution in [2.75, 3.05) is 44.0 Å². The Morgan fingerprint density at radius 2 is 1.71 bits per heavy atom. The van der Waals surface area contributed by atoms with Gasteiger partial charge >= 0.3 is 5.97 Å². The Labute approximate surface area is 223 Å². The first-order chi connectivity index (χ1) is 16.7. The highest BCUT2D eigenvalue weighted by molar-refractivity contribution is 7.98. The molecule has 1 rings (SSSR count). The Kier molecular flexibility index (Phi) is 26.5. The second-order valence-electron chi connectivity index (χ2n) is 8.03. The first-order valence-corrected chi connectivity index (χ1v) is 14.5. The Hall–Kier alpha value is -1.26. The molecule has 1 aromatic carbocycles. The minimum absolute atomic E-state index is 0.0243. The lowest BCUT2D eigenvalue weighted by atomic mass is 10.1. The number of hydrogen-bond acceptors (Lipinski definition) is 8. The second-order valence-corrected chi connectivity index (χ2v) is 9.55. The summed E-state index contributed by atoms with van der Waals surface area (Å²) in [7, 11) is 0. The van der Waals surface area contributed by atoms with Crippen molar-refractivity contribution in [2.45, 2.75) is 72.1 Å². The third-order valence-electron chi connectivity index (χ3n) is 4.36. The van der Waals surface area contributed by atoms with Gasteiger partial charge in [-0.1, -0.05) is 63.9 Å². The fourth-order valence-electron chi connectivity index (χ4n) is 2.26. The van der Waals surface area contributed by atoms with Crippen LogP contribution in [0, 0.1) is 0 Å². The maximum Gasteiger partial charge on any atom is 0.325 e. The maximum absolute atomic E-state index is 12.5. The zero-order valence-corrected chi connectivity index (χ0v) is 24.3. The summed E-state index contributed by atoms with van der Waals surface area (Å²) in [6, 6.07) is 9.57. The molecule has 0 bridgehead atoms.